The van der Waals surface area contributed by atoms with Crippen LogP contribution in [0.5, 0.6) is 0 Å². The summed E-state index contributed by atoms with van der Waals surface area (Å²) in [5.41, 5.74) is 0. The average Bonchev–Trinajstić information content (AvgIpc) is 1.83. The predicted octanol–water partition coefficient (Wildman–Crippen LogP) is 1.73. The summed E-state index contributed by atoms with van der Waals surface area (Å²) in [5.74, 6) is 0. The minimum absolute atomic E-state index is 0.0454. The second kappa shape index (κ2) is 5.37. The third-order valence-corrected chi connectivity index (χ3v) is 1.11. The zero-order chi connectivity index (χ0) is 9.61. The summed E-state index contributed by atoms with van der Waals surface area (Å²) in [5, 5.41) is 8.66. The van der Waals surface area contributed by atoms with Gasteiger partial charge in [-0.15, -0.1) is 0 Å². The normalized spacial score (nSPS) is 14.8. The maximum atomic E-state index is 11.5. The summed E-state index contributed by atoms with van der Waals surface area (Å²) in [6.07, 6.45) is -5.59. The van der Waals surface area contributed by atoms with Gasteiger partial charge in [0, 0.05) is 13.0 Å². The number of hydrogen-bond acceptors (Lipinski definition) is 2. The van der Waals surface area contributed by atoms with Gasteiger partial charge >= 0.3 is 6.18 Å². The summed E-state index contributed by atoms with van der Waals surface area (Å²) < 4.78 is 39.4. The van der Waals surface area contributed by atoms with Gasteiger partial charge in [-0.2, -0.15) is 13.2 Å². The summed E-state index contributed by atoms with van der Waals surface area (Å²) >= 11 is 0. The standard InChI is InChI=1S/C7H13F3O2/c1-6(11)5-12-4-2-3-7(8,9)10/h6,11H,2-5H2,1H3/t6-/m0/s1. The summed E-state index contributed by atoms with van der Waals surface area (Å²) in [6.45, 7) is 1.66. The number of hydrogen-bond donors (Lipinski definition) is 1. The molecule has 0 aliphatic rings. The van der Waals surface area contributed by atoms with E-state index in [0.29, 0.717) is 0 Å². The van der Waals surface area contributed by atoms with Crippen molar-refractivity contribution in [2.24, 2.45) is 0 Å². The van der Waals surface area contributed by atoms with Crippen LogP contribution in [0.2, 0.25) is 0 Å². The monoisotopic (exact) mass is 186 g/mol. The quantitative estimate of drug-likeness (QED) is 0.662. The van der Waals surface area contributed by atoms with Crippen LogP contribution in [0.4, 0.5) is 13.2 Å². The molecule has 1 N–H and O–H groups in total. The van der Waals surface area contributed by atoms with Crippen molar-refractivity contribution in [1.82, 2.24) is 0 Å². The Balaban J connectivity index is 3.12. The first-order chi connectivity index (χ1) is 5.42. The van der Waals surface area contributed by atoms with Crippen molar-refractivity contribution >= 4 is 0 Å². The molecule has 12 heavy (non-hydrogen) atoms. The van der Waals surface area contributed by atoms with Gasteiger partial charge < -0.3 is 9.84 Å². The van der Waals surface area contributed by atoms with Crippen LogP contribution in [-0.2, 0) is 4.74 Å². The topological polar surface area (TPSA) is 29.5 Å². The SMILES string of the molecule is C[C@H](O)COCCCC(F)(F)F. The van der Waals surface area contributed by atoms with Gasteiger partial charge in [-0.05, 0) is 13.3 Å². The number of aliphatic hydroxyl groups is 1. The Bertz CT molecular complexity index is 112. The molecule has 0 aromatic rings. The molecule has 0 aliphatic carbocycles. The molecule has 0 radical (unpaired) electrons. The molecule has 1 atom stereocenters. The van der Waals surface area contributed by atoms with E-state index >= 15 is 0 Å². The first-order valence-electron chi connectivity index (χ1n) is 3.74. The molecule has 0 amide bonds. The zero-order valence-corrected chi connectivity index (χ0v) is 6.90. The molecule has 0 saturated carbocycles. The van der Waals surface area contributed by atoms with E-state index in [1.165, 1.54) is 6.92 Å². The highest BCUT2D eigenvalue weighted by Gasteiger charge is 2.25. The maximum Gasteiger partial charge on any atom is 0.389 e. The van der Waals surface area contributed by atoms with Gasteiger partial charge in [-0.3, -0.25) is 0 Å². The van der Waals surface area contributed by atoms with E-state index in [-0.39, 0.29) is 19.6 Å². The van der Waals surface area contributed by atoms with Crippen LogP contribution in [-0.4, -0.2) is 30.6 Å². The van der Waals surface area contributed by atoms with E-state index < -0.39 is 18.7 Å². The van der Waals surface area contributed by atoms with Crippen LogP contribution >= 0.6 is 0 Å². The average molecular weight is 186 g/mol. The van der Waals surface area contributed by atoms with Crippen LogP contribution in [0, 0.1) is 0 Å². The van der Waals surface area contributed by atoms with Gasteiger partial charge in [0.2, 0.25) is 0 Å². The minimum Gasteiger partial charge on any atom is -0.391 e. The molecule has 2 nitrogen and oxygen atoms in total. The third-order valence-electron chi connectivity index (χ3n) is 1.11. The Morgan fingerprint density at radius 1 is 1.42 bits per heavy atom. The van der Waals surface area contributed by atoms with Crippen LogP contribution in [0.1, 0.15) is 19.8 Å². The number of halogens is 3. The number of aliphatic hydroxyl groups excluding tert-OH is 1. The largest absolute Gasteiger partial charge is 0.391 e. The van der Waals surface area contributed by atoms with Gasteiger partial charge in [0.15, 0.2) is 0 Å². The maximum absolute atomic E-state index is 11.5. The first kappa shape index (κ1) is 11.7. The van der Waals surface area contributed by atoms with Crippen molar-refractivity contribution in [3.05, 3.63) is 0 Å². The predicted molar refractivity (Wildman–Crippen MR) is 37.8 cm³/mol. The molecule has 0 unspecified atom stereocenters. The molecule has 0 heterocycles. The molecule has 5 heteroatoms. The van der Waals surface area contributed by atoms with Crippen molar-refractivity contribution in [2.45, 2.75) is 32.0 Å². The Hall–Kier alpha value is -0.290. The third kappa shape index (κ3) is 9.71. The zero-order valence-electron chi connectivity index (χ0n) is 6.90. The van der Waals surface area contributed by atoms with Crippen molar-refractivity contribution in [1.29, 1.82) is 0 Å². The van der Waals surface area contributed by atoms with Crippen molar-refractivity contribution < 1.29 is 23.0 Å². The minimum atomic E-state index is -4.10. The van der Waals surface area contributed by atoms with E-state index in [9.17, 15) is 13.2 Å². The summed E-state index contributed by atoms with van der Waals surface area (Å²) in [4.78, 5) is 0. The number of rotatable bonds is 5. The smallest absolute Gasteiger partial charge is 0.389 e. The van der Waals surface area contributed by atoms with Crippen LogP contribution in [0.15, 0.2) is 0 Å². The highest BCUT2D eigenvalue weighted by atomic mass is 19.4. The molecule has 0 aromatic carbocycles. The molecular weight excluding hydrogens is 173 g/mol. The van der Waals surface area contributed by atoms with E-state index in [1.54, 1.807) is 0 Å². The molecule has 0 spiro atoms. The highest BCUT2D eigenvalue weighted by molar-refractivity contribution is 4.50. The number of alkyl halides is 3. The lowest BCUT2D eigenvalue weighted by molar-refractivity contribution is -0.138. The van der Waals surface area contributed by atoms with Gasteiger partial charge in [-0.1, -0.05) is 0 Å². The lowest BCUT2D eigenvalue weighted by atomic mass is 10.3. The van der Waals surface area contributed by atoms with Gasteiger partial charge in [-0.25, -0.2) is 0 Å². The summed E-state index contributed by atoms with van der Waals surface area (Å²) in [6, 6.07) is 0. The van der Waals surface area contributed by atoms with E-state index in [4.69, 9.17) is 9.84 Å². The fourth-order valence-electron chi connectivity index (χ4n) is 0.629. The van der Waals surface area contributed by atoms with Gasteiger partial charge in [0.25, 0.3) is 0 Å². The van der Waals surface area contributed by atoms with Crippen molar-refractivity contribution in [2.75, 3.05) is 13.2 Å². The second-order valence-electron chi connectivity index (χ2n) is 2.64. The molecule has 0 rings (SSSR count). The fraction of sp³-hybridized carbons (Fsp3) is 1.00. The fourth-order valence-corrected chi connectivity index (χ4v) is 0.629. The summed E-state index contributed by atoms with van der Waals surface area (Å²) in [7, 11) is 0. The van der Waals surface area contributed by atoms with Crippen molar-refractivity contribution in [3.63, 3.8) is 0 Å². The molecular formula is C7H13F3O2. The highest BCUT2D eigenvalue weighted by Crippen LogP contribution is 2.20. The molecule has 0 aliphatic heterocycles. The van der Waals surface area contributed by atoms with Gasteiger partial charge in [0.05, 0.1) is 12.7 Å². The lowest BCUT2D eigenvalue weighted by Crippen LogP contribution is -2.13. The molecule has 74 valence electrons. The van der Waals surface area contributed by atoms with E-state index in [0.717, 1.165) is 0 Å². The molecule has 0 saturated heterocycles. The Morgan fingerprint density at radius 2 is 2.00 bits per heavy atom. The molecule has 0 fully saturated rings. The molecule has 0 bridgehead atoms. The van der Waals surface area contributed by atoms with Gasteiger partial charge in [0.1, 0.15) is 0 Å². The van der Waals surface area contributed by atoms with Crippen LogP contribution < -0.4 is 0 Å². The van der Waals surface area contributed by atoms with E-state index in [1.807, 2.05) is 0 Å². The van der Waals surface area contributed by atoms with Crippen LogP contribution in [0.3, 0.4) is 0 Å². The Morgan fingerprint density at radius 3 is 2.42 bits per heavy atom. The molecule has 0 aromatic heterocycles. The van der Waals surface area contributed by atoms with Crippen molar-refractivity contribution in [3.8, 4) is 0 Å². The second-order valence-corrected chi connectivity index (χ2v) is 2.64. The Labute approximate surface area is 69.3 Å². The lowest BCUT2D eigenvalue weighted by Gasteiger charge is -2.07. The number of ether oxygens (including phenoxy) is 1. The van der Waals surface area contributed by atoms with E-state index in [2.05, 4.69) is 0 Å². The van der Waals surface area contributed by atoms with Crippen LogP contribution in [0.25, 0.3) is 0 Å². The Kier molecular flexibility index (Phi) is 5.24. The first-order valence-corrected chi connectivity index (χ1v) is 3.74.